The summed E-state index contributed by atoms with van der Waals surface area (Å²) in [5.41, 5.74) is 12.1. The first-order valence-electron chi connectivity index (χ1n) is 9.72. The van der Waals surface area contributed by atoms with E-state index in [-0.39, 0.29) is 18.2 Å². The molecule has 1 aromatic heterocycles. The highest BCUT2D eigenvalue weighted by molar-refractivity contribution is 6.39. The molecule has 9 nitrogen and oxygen atoms in total. The Labute approximate surface area is 186 Å². The molecule has 1 amide bonds. The number of anilines is 1. The molecule has 10 heteroatoms. The number of rotatable bonds is 6. The smallest absolute Gasteiger partial charge is 0.288 e. The van der Waals surface area contributed by atoms with Crippen LogP contribution in [0.5, 0.6) is 0 Å². The number of nitrogens with one attached hydrogen (secondary N) is 2. The Hall–Kier alpha value is -3.19. The van der Waals surface area contributed by atoms with E-state index < -0.39 is 17.8 Å². The number of hydrogen-bond donors (Lipinski definition) is 5. The van der Waals surface area contributed by atoms with E-state index in [1.807, 2.05) is 18.7 Å². The third-order valence-corrected chi connectivity index (χ3v) is 4.74. The fraction of sp³-hybridized carbons (Fsp3) is 0.333. The number of halogens is 1. The molecule has 1 unspecified atom stereocenters. The van der Waals surface area contributed by atoms with E-state index in [9.17, 15) is 9.90 Å². The highest BCUT2D eigenvalue weighted by Crippen LogP contribution is 2.24. The first-order valence-corrected chi connectivity index (χ1v) is 10.1. The predicted octanol–water partition coefficient (Wildman–Crippen LogP) is 0.975. The van der Waals surface area contributed by atoms with Gasteiger partial charge in [0, 0.05) is 35.1 Å². The molecule has 2 rings (SSSR count). The standard InChI is InChI=1S/C21H26ClN7O2/c1-3-29(4-2)12-15(30)11-27-21(31)20(25)28-18(23)8-7-16-17-9-14(22)6-5-13(17)10-26-19(16)24/h5-6,9-10,15,30H,3-4,11-12H2,1-2H3,(H2,24,26)(H,27,31)(H3,23,25,28). The molecule has 0 fully saturated rings. The molecule has 0 saturated carbocycles. The number of carbonyl (C=O) groups excluding carboxylic acids is 1. The summed E-state index contributed by atoms with van der Waals surface area (Å²) < 4.78 is 0. The van der Waals surface area contributed by atoms with E-state index in [2.05, 4.69) is 27.1 Å². The lowest BCUT2D eigenvalue weighted by molar-refractivity contribution is -0.115. The van der Waals surface area contributed by atoms with Gasteiger partial charge in [-0.2, -0.15) is 4.99 Å². The van der Waals surface area contributed by atoms with Crippen LogP contribution in [0.15, 0.2) is 29.4 Å². The molecule has 0 aliphatic carbocycles. The average Bonchev–Trinajstić information content (AvgIpc) is 2.74. The number of benzene rings is 1. The largest absolute Gasteiger partial charge is 0.390 e. The van der Waals surface area contributed by atoms with Crippen molar-refractivity contribution in [2.24, 2.45) is 10.7 Å². The van der Waals surface area contributed by atoms with Gasteiger partial charge in [0.05, 0.1) is 11.7 Å². The lowest BCUT2D eigenvalue weighted by Crippen LogP contribution is -2.41. The van der Waals surface area contributed by atoms with Crippen molar-refractivity contribution in [1.82, 2.24) is 15.2 Å². The number of aliphatic imine (C=N–C) groups is 1. The number of fused-ring (bicyclic) bond motifs is 1. The number of pyridine rings is 1. The molecular weight excluding hydrogens is 418 g/mol. The van der Waals surface area contributed by atoms with E-state index in [0.29, 0.717) is 22.5 Å². The predicted molar refractivity (Wildman–Crippen MR) is 124 cm³/mol. The van der Waals surface area contributed by atoms with Gasteiger partial charge >= 0.3 is 0 Å². The molecule has 0 saturated heterocycles. The minimum absolute atomic E-state index is 0.00220. The summed E-state index contributed by atoms with van der Waals surface area (Å²) in [4.78, 5) is 21.9. The summed E-state index contributed by atoms with van der Waals surface area (Å²) in [7, 11) is 0. The van der Waals surface area contributed by atoms with Gasteiger partial charge in [0.15, 0.2) is 5.84 Å². The van der Waals surface area contributed by atoms with Crippen LogP contribution < -0.4 is 16.8 Å². The lowest BCUT2D eigenvalue weighted by Gasteiger charge is -2.21. The van der Waals surface area contributed by atoms with Crippen molar-refractivity contribution in [2.45, 2.75) is 20.0 Å². The molecule has 0 aliphatic heterocycles. The first kappa shape index (κ1) is 24.1. The van der Waals surface area contributed by atoms with Gasteiger partial charge in [-0.25, -0.2) is 4.98 Å². The van der Waals surface area contributed by atoms with Gasteiger partial charge in [-0.05, 0) is 31.1 Å². The van der Waals surface area contributed by atoms with Gasteiger partial charge in [0.2, 0.25) is 5.84 Å². The number of amidine groups is 2. The lowest BCUT2D eigenvalue weighted by atomic mass is 10.1. The summed E-state index contributed by atoms with van der Waals surface area (Å²) in [5.74, 6) is 3.95. The van der Waals surface area contributed by atoms with E-state index >= 15 is 0 Å². The first-order chi connectivity index (χ1) is 14.7. The highest BCUT2D eigenvalue weighted by Gasteiger charge is 2.13. The maximum absolute atomic E-state index is 12.0. The third kappa shape index (κ3) is 6.93. The van der Waals surface area contributed by atoms with E-state index in [1.54, 1.807) is 24.4 Å². The molecule has 31 heavy (non-hydrogen) atoms. The quantitative estimate of drug-likeness (QED) is 0.254. The zero-order valence-electron chi connectivity index (χ0n) is 17.4. The molecule has 1 heterocycles. The van der Waals surface area contributed by atoms with Gasteiger partial charge in [-0.15, -0.1) is 0 Å². The highest BCUT2D eigenvalue weighted by atomic mass is 35.5. The van der Waals surface area contributed by atoms with Gasteiger partial charge in [0.25, 0.3) is 5.91 Å². The molecule has 0 bridgehead atoms. The number of aromatic nitrogens is 1. The summed E-state index contributed by atoms with van der Waals surface area (Å²) in [6, 6.07) is 5.24. The number of hydrogen-bond acceptors (Lipinski definition) is 6. The number of likely N-dealkylation sites (N-methyl/N-ethyl adjacent to an activating group) is 1. The van der Waals surface area contributed by atoms with Crippen LogP contribution in [0.1, 0.15) is 19.4 Å². The average molecular weight is 444 g/mol. The maximum Gasteiger partial charge on any atom is 0.288 e. The van der Waals surface area contributed by atoms with Crippen molar-refractivity contribution >= 4 is 45.8 Å². The van der Waals surface area contributed by atoms with Crippen LogP contribution in [0.3, 0.4) is 0 Å². The Bertz CT molecular complexity index is 1050. The zero-order valence-corrected chi connectivity index (χ0v) is 18.2. The number of carbonyl (C=O) groups is 1. The molecule has 0 aliphatic rings. The van der Waals surface area contributed by atoms with Crippen molar-refractivity contribution < 1.29 is 9.90 Å². The van der Waals surface area contributed by atoms with Crippen LogP contribution in [-0.4, -0.2) is 64.9 Å². The number of nitrogens with zero attached hydrogens (tertiary/aromatic N) is 3. The van der Waals surface area contributed by atoms with E-state index in [0.717, 1.165) is 18.5 Å². The van der Waals surface area contributed by atoms with Crippen LogP contribution in [0.25, 0.3) is 10.8 Å². The Balaban J connectivity index is 2.06. The minimum Gasteiger partial charge on any atom is -0.390 e. The Morgan fingerprint density at radius 2 is 2.13 bits per heavy atom. The molecule has 164 valence electrons. The van der Waals surface area contributed by atoms with Crippen LogP contribution in [-0.2, 0) is 4.79 Å². The monoisotopic (exact) mass is 443 g/mol. The fourth-order valence-electron chi connectivity index (χ4n) is 2.79. The SMILES string of the molecule is CCN(CC)CC(O)CNC(=O)C(=N)N=C(N)C#Cc1c(N)ncc2ccc(Cl)cc12. The molecule has 1 aromatic carbocycles. The Morgan fingerprint density at radius 1 is 1.42 bits per heavy atom. The summed E-state index contributed by atoms with van der Waals surface area (Å²) in [6.45, 7) is 5.97. The topological polar surface area (TPSA) is 154 Å². The van der Waals surface area contributed by atoms with Gasteiger partial charge in [-0.1, -0.05) is 37.4 Å². The summed E-state index contributed by atoms with van der Waals surface area (Å²) in [6.07, 6.45) is 0.851. The van der Waals surface area contributed by atoms with E-state index in [1.165, 1.54) is 0 Å². The van der Waals surface area contributed by atoms with Gasteiger partial charge in [-0.3, -0.25) is 10.2 Å². The second-order valence-corrected chi connectivity index (χ2v) is 7.13. The van der Waals surface area contributed by atoms with Crippen LogP contribution in [0.2, 0.25) is 5.02 Å². The minimum atomic E-state index is -0.763. The normalized spacial score (nSPS) is 12.4. The Morgan fingerprint density at radius 3 is 2.81 bits per heavy atom. The number of aliphatic hydroxyl groups is 1. The van der Waals surface area contributed by atoms with Crippen LogP contribution in [0.4, 0.5) is 5.82 Å². The van der Waals surface area contributed by atoms with Gasteiger partial charge in [0.1, 0.15) is 5.82 Å². The third-order valence-electron chi connectivity index (χ3n) is 4.51. The van der Waals surface area contributed by atoms with Crippen molar-refractivity contribution in [2.75, 3.05) is 31.9 Å². The molecule has 0 radical (unpaired) electrons. The molecule has 1 atom stereocenters. The number of nitrogens with two attached hydrogens (primary N) is 2. The number of amides is 1. The summed E-state index contributed by atoms with van der Waals surface area (Å²) in [5, 5.41) is 22.3. The van der Waals surface area contributed by atoms with Crippen LogP contribution in [0, 0.1) is 17.3 Å². The molecular formula is C21H26ClN7O2. The van der Waals surface area contributed by atoms with Crippen molar-refractivity contribution in [1.29, 1.82) is 5.41 Å². The number of nitrogen functional groups attached to an aromatic ring is 1. The number of aliphatic hydroxyl groups excluding tert-OH is 1. The molecule has 0 spiro atoms. The summed E-state index contributed by atoms with van der Waals surface area (Å²) >= 11 is 6.05. The zero-order chi connectivity index (χ0) is 23.0. The van der Waals surface area contributed by atoms with Crippen molar-refractivity contribution in [3.05, 3.63) is 35.0 Å². The molecule has 2 aromatic rings. The van der Waals surface area contributed by atoms with Crippen molar-refractivity contribution in [3.63, 3.8) is 0 Å². The second-order valence-electron chi connectivity index (χ2n) is 6.70. The Kier molecular flexibility index (Phi) is 8.75. The molecule has 7 N–H and O–H groups in total. The van der Waals surface area contributed by atoms with E-state index in [4.69, 9.17) is 28.5 Å². The second kappa shape index (κ2) is 11.3. The van der Waals surface area contributed by atoms with Crippen LogP contribution >= 0.6 is 11.6 Å². The fourth-order valence-corrected chi connectivity index (χ4v) is 2.97. The van der Waals surface area contributed by atoms with Crippen molar-refractivity contribution in [3.8, 4) is 11.8 Å². The maximum atomic E-state index is 12.0. The van der Waals surface area contributed by atoms with Gasteiger partial charge < -0.3 is 26.8 Å².